The molecule has 1 rings (SSSR count). The lowest BCUT2D eigenvalue weighted by molar-refractivity contribution is 0.269. The summed E-state index contributed by atoms with van der Waals surface area (Å²) < 4.78 is 28.1. The van der Waals surface area contributed by atoms with Gasteiger partial charge in [0.2, 0.25) is 10.0 Å². The van der Waals surface area contributed by atoms with Crippen molar-refractivity contribution < 1.29 is 8.42 Å². The second-order valence-electron chi connectivity index (χ2n) is 7.10. The van der Waals surface area contributed by atoms with Gasteiger partial charge in [-0.25, -0.2) is 13.1 Å². The molecule has 0 spiro atoms. The molecule has 0 aromatic carbocycles. The summed E-state index contributed by atoms with van der Waals surface area (Å²) in [5.74, 6) is 0. The molecule has 6 heteroatoms. The molecule has 1 aromatic rings. The molecule has 0 aliphatic carbocycles. The van der Waals surface area contributed by atoms with E-state index in [-0.39, 0.29) is 12.0 Å². The molecule has 4 nitrogen and oxygen atoms in total. The Morgan fingerprint density at radius 3 is 2.25 bits per heavy atom. The zero-order valence-electron chi connectivity index (χ0n) is 13.2. The lowest BCUT2D eigenvalue weighted by atomic mass is 9.82. The molecular weight excluding hydrogens is 292 g/mol. The van der Waals surface area contributed by atoms with Crippen LogP contribution in [-0.2, 0) is 16.6 Å². The highest BCUT2D eigenvalue weighted by Crippen LogP contribution is 2.31. The van der Waals surface area contributed by atoms with E-state index in [9.17, 15) is 8.42 Å². The number of nitrogens with one attached hydrogen (secondary N) is 1. The summed E-state index contributed by atoms with van der Waals surface area (Å²) in [6.07, 6.45) is 0.750. The third kappa shape index (κ3) is 4.55. The molecule has 0 amide bonds. The van der Waals surface area contributed by atoms with E-state index in [1.807, 2.05) is 19.2 Å². The second-order valence-corrected chi connectivity index (χ2v) is 9.69. The standard InChI is InChI=1S/C14H26N2O2S2/c1-10-8-19-11(7-15)12(10)20(17,18)16-14(5,6)9-13(2,3)4/h8,16H,7,9,15H2,1-6H3. The van der Waals surface area contributed by atoms with E-state index in [0.717, 1.165) is 12.0 Å². The number of aryl methyl sites for hydroxylation is 1. The lowest BCUT2D eigenvalue weighted by Crippen LogP contribution is -2.45. The highest BCUT2D eigenvalue weighted by Gasteiger charge is 2.32. The lowest BCUT2D eigenvalue weighted by Gasteiger charge is -2.33. The van der Waals surface area contributed by atoms with Gasteiger partial charge in [-0.05, 0) is 43.6 Å². The smallest absolute Gasteiger partial charge is 0.242 e. The van der Waals surface area contributed by atoms with Gasteiger partial charge < -0.3 is 5.73 Å². The van der Waals surface area contributed by atoms with Crippen molar-refractivity contribution in [1.82, 2.24) is 4.72 Å². The fourth-order valence-electron chi connectivity index (χ4n) is 2.77. The van der Waals surface area contributed by atoms with Crippen molar-refractivity contribution in [3.05, 3.63) is 15.8 Å². The second kappa shape index (κ2) is 5.75. The topological polar surface area (TPSA) is 72.2 Å². The third-order valence-electron chi connectivity index (χ3n) is 2.83. The predicted octanol–water partition coefficient (Wildman–Crippen LogP) is 3.01. The summed E-state index contributed by atoms with van der Waals surface area (Å²) in [4.78, 5) is 1.06. The summed E-state index contributed by atoms with van der Waals surface area (Å²) in [6.45, 7) is 12.2. The predicted molar refractivity (Wildman–Crippen MR) is 85.4 cm³/mol. The molecule has 0 bridgehead atoms. The van der Waals surface area contributed by atoms with Crippen LogP contribution in [0.1, 0.15) is 51.5 Å². The van der Waals surface area contributed by atoms with E-state index in [1.54, 1.807) is 6.92 Å². The minimum absolute atomic E-state index is 0.0480. The Bertz CT molecular complexity index is 566. The van der Waals surface area contributed by atoms with Crippen molar-refractivity contribution in [2.45, 2.75) is 64.9 Å². The summed E-state index contributed by atoms with van der Waals surface area (Å²) in [7, 11) is -3.54. The van der Waals surface area contributed by atoms with Gasteiger partial charge in [0.15, 0.2) is 0 Å². The number of hydrogen-bond acceptors (Lipinski definition) is 4. The van der Waals surface area contributed by atoms with E-state index in [2.05, 4.69) is 25.5 Å². The molecule has 0 atom stereocenters. The van der Waals surface area contributed by atoms with Gasteiger partial charge in [-0.1, -0.05) is 20.8 Å². The molecule has 0 saturated carbocycles. The van der Waals surface area contributed by atoms with E-state index in [4.69, 9.17) is 5.73 Å². The van der Waals surface area contributed by atoms with Gasteiger partial charge >= 0.3 is 0 Å². The Balaban J connectivity index is 3.09. The zero-order valence-corrected chi connectivity index (χ0v) is 14.8. The molecule has 0 fully saturated rings. The number of thiophene rings is 1. The van der Waals surface area contributed by atoms with Crippen LogP contribution in [0.4, 0.5) is 0 Å². The molecule has 1 aromatic heterocycles. The summed E-state index contributed by atoms with van der Waals surface area (Å²) in [5.41, 5.74) is 5.95. The van der Waals surface area contributed by atoms with Crippen LogP contribution in [0.2, 0.25) is 0 Å². The van der Waals surface area contributed by atoms with Crippen molar-refractivity contribution >= 4 is 21.4 Å². The molecule has 116 valence electrons. The maximum Gasteiger partial charge on any atom is 0.242 e. The molecule has 1 heterocycles. The summed E-state index contributed by atoms with van der Waals surface area (Å²) >= 11 is 1.40. The minimum Gasteiger partial charge on any atom is -0.326 e. The Morgan fingerprint density at radius 2 is 1.80 bits per heavy atom. The number of sulfonamides is 1. The highest BCUT2D eigenvalue weighted by molar-refractivity contribution is 7.89. The average Bonchev–Trinajstić information content (AvgIpc) is 2.54. The van der Waals surface area contributed by atoms with Gasteiger partial charge in [0, 0.05) is 17.0 Å². The van der Waals surface area contributed by atoms with Crippen LogP contribution in [-0.4, -0.2) is 14.0 Å². The van der Waals surface area contributed by atoms with Crippen molar-refractivity contribution in [2.75, 3.05) is 0 Å². The van der Waals surface area contributed by atoms with Gasteiger partial charge in [0.1, 0.15) is 4.90 Å². The van der Waals surface area contributed by atoms with E-state index < -0.39 is 15.6 Å². The Hall–Kier alpha value is -0.430. The minimum atomic E-state index is -3.54. The SMILES string of the molecule is Cc1csc(CN)c1S(=O)(=O)NC(C)(C)CC(C)(C)C. The molecule has 0 saturated heterocycles. The fourth-order valence-corrected chi connectivity index (χ4v) is 5.88. The van der Waals surface area contributed by atoms with Crippen molar-refractivity contribution in [3.63, 3.8) is 0 Å². The van der Waals surface area contributed by atoms with E-state index in [1.165, 1.54) is 11.3 Å². The first-order valence-electron chi connectivity index (χ1n) is 6.69. The van der Waals surface area contributed by atoms with Crippen LogP contribution in [0.5, 0.6) is 0 Å². The molecule has 20 heavy (non-hydrogen) atoms. The van der Waals surface area contributed by atoms with Gasteiger partial charge in [0.25, 0.3) is 0 Å². The molecule has 0 unspecified atom stereocenters. The monoisotopic (exact) mass is 318 g/mol. The molecule has 0 radical (unpaired) electrons. The van der Waals surface area contributed by atoms with E-state index in [0.29, 0.717) is 9.77 Å². The van der Waals surface area contributed by atoms with Gasteiger partial charge in [-0.3, -0.25) is 0 Å². The Morgan fingerprint density at radius 1 is 1.25 bits per heavy atom. The van der Waals surface area contributed by atoms with Crippen LogP contribution < -0.4 is 10.5 Å². The van der Waals surface area contributed by atoms with Crippen LogP contribution in [0.25, 0.3) is 0 Å². The van der Waals surface area contributed by atoms with Gasteiger partial charge in [-0.2, -0.15) is 0 Å². The first-order chi connectivity index (χ1) is 8.88. The number of nitrogens with two attached hydrogens (primary N) is 1. The highest BCUT2D eigenvalue weighted by atomic mass is 32.2. The first-order valence-corrected chi connectivity index (χ1v) is 9.05. The van der Waals surface area contributed by atoms with Crippen molar-refractivity contribution in [3.8, 4) is 0 Å². The van der Waals surface area contributed by atoms with Crippen molar-refractivity contribution in [1.29, 1.82) is 0 Å². The molecule has 0 aliphatic heterocycles. The summed E-state index contributed by atoms with van der Waals surface area (Å²) in [6, 6.07) is 0. The first kappa shape index (κ1) is 17.6. The largest absolute Gasteiger partial charge is 0.326 e. The molecule has 0 aliphatic rings. The normalized spacial score (nSPS) is 13.8. The quantitative estimate of drug-likeness (QED) is 0.876. The Labute approximate surface area is 126 Å². The van der Waals surface area contributed by atoms with Crippen LogP contribution >= 0.6 is 11.3 Å². The Kier molecular flexibility index (Phi) is 5.07. The van der Waals surface area contributed by atoms with E-state index >= 15 is 0 Å². The molecule has 3 N–H and O–H groups in total. The summed E-state index contributed by atoms with van der Waals surface area (Å²) in [5, 5.41) is 1.84. The maximum absolute atomic E-state index is 12.6. The zero-order chi connectivity index (χ0) is 15.8. The van der Waals surface area contributed by atoms with Crippen LogP contribution in [0.15, 0.2) is 10.3 Å². The number of hydrogen-bond donors (Lipinski definition) is 2. The number of rotatable bonds is 5. The average molecular weight is 319 g/mol. The van der Waals surface area contributed by atoms with Gasteiger partial charge in [0.05, 0.1) is 0 Å². The fraction of sp³-hybridized carbons (Fsp3) is 0.714. The third-order valence-corrected chi connectivity index (χ3v) is 6.01. The maximum atomic E-state index is 12.6. The molecular formula is C14H26N2O2S2. The van der Waals surface area contributed by atoms with Gasteiger partial charge in [-0.15, -0.1) is 11.3 Å². The van der Waals surface area contributed by atoms with Crippen LogP contribution in [0, 0.1) is 12.3 Å². The van der Waals surface area contributed by atoms with Crippen molar-refractivity contribution in [2.24, 2.45) is 11.1 Å². The van der Waals surface area contributed by atoms with Crippen LogP contribution in [0.3, 0.4) is 0 Å².